The smallest absolute Gasteiger partial charge is 0.281 e. The Labute approximate surface area is 118 Å². The summed E-state index contributed by atoms with van der Waals surface area (Å²) in [5.41, 5.74) is 6.71. The van der Waals surface area contributed by atoms with Gasteiger partial charge in [-0.15, -0.1) is 11.3 Å². The molecule has 0 aliphatic rings. The second-order valence-corrected chi connectivity index (χ2v) is 6.74. The molecule has 0 spiro atoms. The number of nitrogens with two attached hydrogens (primary N) is 1. The van der Waals surface area contributed by atoms with Crippen molar-refractivity contribution in [1.29, 1.82) is 0 Å². The SMILES string of the molecule is Cc1nn(C)cc1NS(=O)(=O)c1c(N)nc2sccn12. The molecule has 20 heavy (non-hydrogen) atoms. The molecule has 0 aromatic carbocycles. The maximum atomic E-state index is 12.5. The fraction of sp³-hybridized carbons (Fsp3) is 0.200. The fourth-order valence-corrected chi connectivity index (χ4v) is 4.03. The predicted molar refractivity (Wildman–Crippen MR) is 76.2 cm³/mol. The second-order valence-electron chi connectivity index (χ2n) is 4.27. The van der Waals surface area contributed by atoms with Gasteiger partial charge in [0.15, 0.2) is 10.8 Å². The molecular weight excluding hydrogens is 300 g/mol. The molecule has 0 bridgehead atoms. The monoisotopic (exact) mass is 312 g/mol. The molecule has 3 rings (SSSR count). The van der Waals surface area contributed by atoms with Gasteiger partial charge in [0.2, 0.25) is 5.03 Å². The van der Waals surface area contributed by atoms with Crippen LogP contribution in [0.4, 0.5) is 11.5 Å². The summed E-state index contributed by atoms with van der Waals surface area (Å²) < 4.78 is 30.4. The zero-order valence-corrected chi connectivity index (χ0v) is 12.4. The molecule has 0 atom stereocenters. The molecule has 0 aliphatic heterocycles. The average molecular weight is 312 g/mol. The van der Waals surface area contributed by atoms with Gasteiger partial charge in [-0.25, -0.2) is 4.98 Å². The number of hydrogen-bond acceptors (Lipinski definition) is 6. The van der Waals surface area contributed by atoms with E-state index < -0.39 is 10.0 Å². The van der Waals surface area contributed by atoms with E-state index in [0.29, 0.717) is 16.3 Å². The summed E-state index contributed by atoms with van der Waals surface area (Å²) in [6.07, 6.45) is 3.21. The summed E-state index contributed by atoms with van der Waals surface area (Å²) in [6, 6.07) is 0. The van der Waals surface area contributed by atoms with Gasteiger partial charge in [0.05, 0.1) is 11.4 Å². The molecule has 0 unspecified atom stereocenters. The summed E-state index contributed by atoms with van der Waals surface area (Å²) >= 11 is 1.32. The third kappa shape index (κ3) is 1.93. The van der Waals surface area contributed by atoms with Crippen molar-refractivity contribution in [3.63, 3.8) is 0 Å². The number of thiazole rings is 1. The number of sulfonamides is 1. The van der Waals surface area contributed by atoms with Gasteiger partial charge in [-0.2, -0.15) is 13.5 Å². The molecular formula is C10H12N6O2S2. The van der Waals surface area contributed by atoms with E-state index in [9.17, 15) is 8.42 Å². The van der Waals surface area contributed by atoms with Crippen molar-refractivity contribution in [2.75, 3.05) is 10.5 Å². The van der Waals surface area contributed by atoms with Crippen molar-refractivity contribution >= 4 is 37.8 Å². The summed E-state index contributed by atoms with van der Waals surface area (Å²) in [5.74, 6) is -0.0223. The Morgan fingerprint density at radius 1 is 1.45 bits per heavy atom. The molecule has 3 aromatic heterocycles. The molecule has 0 amide bonds. The molecule has 0 radical (unpaired) electrons. The minimum Gasteiger partial charge on any atom is -0.381 e. The van der Waals surface area contributed by atoms with Gasteiger partial charge in [-0.1, -0.05) is 0 Å². The molecule has 3 heterocycles. The van der Waals surface area contributed by atoms with Crippen LogP contribution in [0.3, 0.4) is 0 Å². The van der Waals surface area contributed by atoms with Crippen molar-refractivity contribution in [3.8, 4) is 0 Å². The quantitative estimate of drug-likeness (QED) is 0.744. The van der Waals surface area contributed by atoms with Gasteiger partial charge in [-0.05, 0) is 6.92 Å². The Morgan fingerprint density at radius 2 is 2.20 bits per heavy atom. The minimum atomic E-state index is -3.83. The highest BCUT2D eigenvalue weighted by atomic mass is 32.2. The third-order valence-electron chi connectivity index (χ3n) is 2.76. The van der Waals surface area contributed by atoms with Crippen LogP contribution in [-0.4, -0.2) is 27.6 Å². The number of hydrogen-bond donors (Lipinski definition) is 2. The lowest BCUT2D eigenvalue weighted by atomic mass is 10.4. The van der Waals surface area contributed by atoms with E-state index >= 15 is 0 Å². The van der Waals surface area contributed by atoms with Gasteiger partial charge in [0.1, 0.15) is 0 Å². The van der Waals surface area contributed by atoms with Gasteiger partial charge >= 0.3 is 0 Å². The normalized spacial score (nSPS) is 12.1. The van der Waals surface area contributed by atoms with Crippen LogP contribution in [0.1, 0.15) is 5.69 Å². The highest BCUT2D eigenvalue weighted by Crippen LogP contribution is 2.26. The van der Waals surface area contributed by atoms with Crippen LogP contribution in [0.2, 0.25) is 0 Å². The molecule has 0 fully saturated rings. The predicted octanol–water partition coefficient (Wildman–Crippen LogP) is 0.821. The standard InChI is InChI=1S/C10H12N6O2S2/c1-6-7(5-15(2)13-6)14-20(17,18)9-8(11)12-10-16(9)3-4-19-10/h3-5,14H,11H2,1-2H3. The Hall–Kier alpha value is -2.07. The maximum absolute atomic E-state index is 12.5. The lowest BCUT2D eigenvalue weighted by molar-refractivity contribution is 0.597. The summed E-state index contributed by atoms with van der Waals surface area (Å²) in [6.45, 7) is 1.72. The van der Waals surface area contributed by atoms with E-state index in [4.69, 9.17) is 5.73 Å². The molecule has 0 aliphatic carbocycles. The van der Waals surface area contributed by atoms with E-state index in [0.717, 1.165) is 0 Å². The molecule has 3 aromatic rings. The van der Waals surface area contributed by atoms with Crippen molar-refractivity contribution < 1.29 is 8.42 Å². The van der Waals surface area contributed by atoms with Crippen LogP contribution < -0.4 is 10.5 Å². The maximum Gasteiger partial charge on any atom is 0.281 e. The van der Waals surface area contributed by atoms with Crippen molar-refractivity contribution in [2.24, 2.45) is 7.05 Å². The van der Waals surface area contributed by atoms with Crippen molar-refractivity contribution in [2.45, 2.75) is 11.9 Å². The number of aryl methyl sites for hydroxylation is 2. The van der Waals surface area contributed by atoms with Crippen LogP contribution in [-0.2, 0) is 17.1 Å². The first-order valence-electron chi connectivity index (χ1n) is 5.62. The first kappa shape index (κ1) is 12.9. The highest BCUT2D eigenvalue weighted by Gasteiger charge is 2.25. The zero-order chi connectivity index (χ0) is 14.5. The van der Waals surface area contributed by atoms with Crippen molar-refractivity contribution in [3.05, 3.63) is 23.5 Å². The Bertz CT molecular complexity index is 888. The number of anilines is 2. The van der Waals surface area contributed by atoms with E-state index in [1.807, 2.05) is 0 Å². The molecule has 0 saturated heterocycles. The van der Waals surface area contributed by atoms with E-state index in [-0.39, 0.29) is 10.8 Å². The van der Waals surface area contributed by atoms with Crippen LogP contribution in [0.25, 0.3) is 4.96 Å². The number of nitrogens with one attached hydrogen (secondary N) is 1. The summed E-state index contributed by atoms with van der Waals surface area (Å²) in [7, 11) is -2.11. The van der Waals surface area contributed by atoms with E-state index in [1.165, 1.54) is 20.4 Å². The summed E-state index contributed by atoms with van der Waals surface area (Å²) in [4.78, 5) is 4.56. The number of aromatic nitrogens is 4. The van der Waals surface area contributed by atoms with Crippen molar-refractivity contribution in [1.82, 2.24) is 19.2 Å². The number of rotatable bonds is 3. The molecule has 0 saturated carbocycles. The number of nitrogens with zero attached hydrogens (tertiary/aromatic N) is 4. The minimum absolute atomic E-state index is 0.0223. The zero-order valence-electron chi connectivity index (χ0n) is 10.7. The Morgan fingerprint density at radius 3 is 2.85 bits per heavy atom. The lowest BCUT2D eigenvalue weighted by Crippen LogP contribution is -2.16. The molecule has 106 valence electrons. The largest absolute Gasteiger partial charge is 0.381 e. The van der Waals surface area contributed by atoms with E-state index in [2.05, 4.69) is 14.8 Å². The van der Waals surface area contributed by atoms with Gasteiger partial charge in [0.25, 0.3) is 10.0 Å². The van der Waals surface area contributed by atoms with E-state index in [1.54, 1.807) is 31.7 Å². The highest BCUT2D eigenvalue weighted by molar-refractivity contribution is 7.92. The van der Waals surface area contributed by atoms with Crippen LogP contribution in [0.5, 0.6) is 0 Å². The first-order valence-corrected chi connectivity index (χ1v) is 7.99. The fourth-order valence-electron chi connectivity index (χ4n) is 1.94. The molecule has 10 heteroatoms. The topological polar surface area (TPSA) is 107 Å². The number of imidazole rings is 1. The Balaban J connectivity index is 2.10. The second kappa shape index (κ2) is 4.21. The molecule has 8 nitrogen and oxygen atoms in total. The average Bonchev–Trinajstić information content (AvgIpc) is 2.93. The first-order chi connectivity index (χ1) is 9.38. The van der Waals surface area contributed by atoms with Crippen LogP contribution >= 0.6 is 11.3 Å². The Kier molecular flexibility index (Phi) is 2.73. The van der Waals surface area contributed by atoms with Crippen LogP contribution in [0, 0.1) is 6.92 Å². The van der Waals surface area contributed by atoms with Gasteiger partial charge in [0, 0.05) is 24.8 Å². The lowest BCUT2D eigenvalue weighted by Gasteiger charge is -2.06. The number of nitrogen functional groups attached to an aromatic ring is 1. The summed E-state index contributed by atoms with van der Waals surface area (Å²) in [5, 5.41) is 5.78. The number of fused-ring (bicyclic) bond motifs is 1. The third-order valence-corrected chi connectivity index (χ3v) is 4.92. The molecule has 3 N–H and O–H groups in total. The van der Waals surface area contributed by atoms with Crippen LogP contribution in [0.15, 0.2) is 22.8 Å². The van der Waals surface area contributed by atoms with Gasteiger partial charge < -0.3 is 5.73 Å². The van der Waals surface area contributed by atoms with Gasteiger partial charge in [-0.3, -0.25) is 13.8 Å².